The fraction of sp³-hybridized carbons (Fsp3) is 0.634. The van der Waals surface area contributed by atoms with E-state index in [0.29, 0.717) is 73.5 Å². The number of sulfonamides is 1. The van der Waals surface area contributed by atoms with E-state index in [4.69, 9.17) is 19.2 Å². The van der Waals surface area contributed by atoms with Crippen LogP contribution in [0.25, 0.3) is 10.9 Å². The van der Waals surface area contributed by atoms with Crippen molar-refractivity contribution in [3.05, 3.63) is 35.9 Å². The third-order valence-electron chi connectivity index (χ3n) is 11.7. The predicted octanol–water partition coefficient (Wildman–Crippen LogP) is 4.11. The Hall–Kier alpha value is -4.60. The second-order valence-corrected chi connectivity index (χ2v) is 19.4. The number of benzene rings is 1. The molecule has 5 atom stereocenters. The van der Waals surface area contributed by atoms with E-state index in [1.54, 1.807) is 18.1 Å². The van der Waals surface area contributed by atoms with Gasteiger partial charge in [0.05, 0.1) is 30.5 Å². The molecule has 310 valence electrons. The monoisotopic (exact) mass is 808 g/mol. The molecule has 7 rings (SSSR count). The highest BCUT2D eigenvalue weighted by Gasteiger charge is 2.62. The molecule has 0 radical (unpaired) electrons. The molecule has 2 saturated heterocycles. The topological polar surface area (TPSA) is 186 Å². The van der Waals surface area contributed by atoms with Crippen LogP contribution in [0, 0.1) is 18.3 Å². The van der Waals surface area contributed by atoms with Crippen LogP contribution in [0.3, 0.4) is 0 Å². The number of hydrogen-bond acceptors (Lipinski definition) is 10. The number of aryl methyl sites for hydroxylation is 1. The number of allylic oxidation sites excluding steroid dienone is 1. The van der Waals surface area contributed by atoms with E-state index < -0.39 is 62.6 Å². The van der Waals surface area contributed by atoms with Gasteiger partial charge in [0.15, 0.2) is 0 Å². The van der Waals surface area contributed by atoms with E-state index in [-0.39, 0.29) is 36.9 Å². The summed E-state index contributed by atoms with van der Waals surface area (Å²) < 4.78 is 46.3. The molecule has 2 aromatic rings. The van der Waals surface area contributed by atoms with Crippen molar-refractivity contribution in [3.8, 4) is 17.4 Å². The van der Waals surface area contributed by atoms with Crippen LogP contribution in [0.5, 0.6) is 17.4 Å². The van der Waals surface area contributed by atoms with Crippen molar-refractivity contribution in [3.63, 3.8) is 0 Å². The molecule has 2 aliphatic carbocycles. The fourth-order valence-corrected chi connectivity index (χ4v) is 9.74. The van der Waals surface area contributed by atoms with Gasteiger partial charge in [0, 0.05) is 47.9 Å². The molecule has 1 aromatic carbocycles. The molecule has 57 heavy (non-hydrogen) atoms. The van der Waals surface area contributed by atoms with Gasteiger partial charge in [0.25, 0.3) is 5.91 Å². The molecule has 2 saturated carbocycles. The number of carbonyl (C=O) groups excluding carboxylic acids is 4. The molecule has 0 bridgehead atoms. The number of amides is 5. The summed E-state index contributed by atoms with van der Waals surface area (Å²) in [4.78, 5) is 64.4. The molecule has 3 N–H and O–H groups in total. The summed E-state index contributed by atoms with van der Waals surface area (Å²) in [6.45, 7) is 11.0. The summed E-state index contributed by atoms with van der Waals surface area (Å²) >= 11 is 0. The first kappa shape index (κ1) is 40.6. The zero-order valence-corrected chi connectivity index (χ0v) is 34.6. The third-order valence-corrected chi connectivity index (χ3v) is 13.5. The number of methoxy groups -OCH3 is 1. The highest BCUT2D eigenvalue weighted by molar-refractivity contribution is 7.91. The van der Waals surface area contributed by atoms with Gasteiger partial charge in [-0.3, -0.25) is 19.1 Å². The molecular formula is C41H56N6O9S. The highest BCUT2D eigenvalue weighted by Crippen LogP contribution is 2.46. The van der Waals surface area contributed by atoms with Gasteiger partial charge in [0.1, 0.15) is 35.2 Å². The Labute approximate surface area is 334 Å². The minimum Gasteiger partial charge on any atom is -0.496 e. The van der Waals surface area contributed by atoms with Crippen LogP contribution in [-0.4, -0.2) is 109 Å². The molecule has 0 spiro atoms. The Morgan fingerprint density at radius 2 is 1.81 bits per heavy atom. The Kier molecular flexibility index (Phi) is 11.1. The van der Waals surface area contributed by atoms with Gasteiger partial charge in [-0.15, -0.1) is 0 Å². The molecule has 0 unspecified atom stereocenters. The summed E-state index contributed by atoms with van der Waals surface area (Å²) in [5.74, 6) is -0.798. The zero-order chi connectivity index (χ0) is 40.9. The molecule has 15 nitrogen and oxygen atoms in total. The third kappa shape index (κ3) is 8.65. The van der Waals surface area contributed by atoms with Gasteiger partial charge in [0.2, 0.25) is 27.7 Å². The normalized spacial score (nSPS) is 28.2. The van der Waals surface area contributed by atoms with Crippen molar-refractivity contribution in [2.24, 2.45) is 11.3 Å². The lowest BCUT2D eigenvalue weighted by Gasteiger charge is -2.46. The van der Waals surface area contributed by atoms with E-state index in [2.05, 4.69) is 29.2 Å². The van der Waals surface area contributed by atoms with Gasteiger partial charge < -0.3 is 34.6 Å². The van der Waals surface area contributed by atoms with Crippen LogP contribution in [0.1, 0.15) is 91.0 Å². The van der Waals surface area contributed by atoms with E-state index in [1.807, 2.05) is 45.1 Å². The average molecular weight is 809 g/mol. The summed E-state index contributed by atoms with van der Waals surface area (Å²) in [5.41, 5.74) is -0.112. The number of hydrogen-bond donors (Lipinski definition) is 3. The van der Waals surface area contributed by atoms with Crippen LogP contribution in [0.2, 0.25) is 0 Å². The number of nitrogens with one attached hydrogen (secondary N) is 3. The number of rotatable bonds is 9. The molecule has 16 heteroatoms. The summed E-state index contributed by atoms with van der Waals surface area (Å²) in [7, 11) is -2.31. The predicted molar refractivity (Wildman–Crippen MR) is 212 cm³/mol. The number of urea groups is 1. The largest absolute Gasteiger partial charge is 0.496 e. The minimum atomic E-state index is -3.89. The number of aromatic nitrogens is 1. The van der Waals surface area contributed by atoms with Crippen molar-refractivity contribution in [2.75, 3.05) is 26.7 Å². The van der Waals surface area contributed by atoms with Crippen molar-refractivity contribution in [1.82, 2.24) is 30.1 Å². The summed E-state index contributed by atoms with van der Waals surface area (Å²) in [6, 6.07) is 3.04. The second-order valence-electron chi connectivity index (χ2n) is 17.4. The van der Waals surface area contributed by atoms with Crippen LogP contribution in [-0.2, 0) is 24.4 Å². The van der Waals surface area contributed by atoms with E-state index in [1.165, 1.54) is 4.90 Å². The average Bonchev–Trinajstić information content (AvgIpc) is 4.06. The number of pyridine rings is 1. The van der Waals surface area contributed by atoms with Gasteiger partial charge in [-0.1, -0.05) is 38.8 Å². The Morgan fingerprint density at radius 1 is 1.05 bits per heavy atom. The number of carbonyl (C=O) groups is 4. The van der Waals surface area contributed by atoms with Gasteiger partial charge in [-0.2, -0.15) is 0 Å². The smallest absolute Gasteiger partial charge is 0.318 e. The first-order valence-electron chi connectivity index (χ1n) is 20.2. The first-order chi connectivity index (χ1) is 27.0. The number of ether oxygens (including phenoxy) is 3. The summed E-state index contributed by atoms with van der Waals surface area (Å²) in [6.07, 6.45) is 7.59. The van der Waals surface area contributed by atoms with Crippen molar-refractivity contribution in [2.45, 2.75) is 127 Å². The van der Waals surface area contributed by atoms with Crippen molar-refractivity contribution in [1.29, 1.82) is 0 Å². The van der Waals surface area contributed by atoms with Crippen LogP contribution >= 0.6 is 0 Å². The number of likely N-dealkylation sites (tertiary alicyclic amines) is 1. The van der Waals surface area contributed by atoms with E-state index in [9.17, 15) is 27.6 Å². The summed E-state index contributed by atoms with van der Waals surface area (Å²) in [5, 5.41) is 5.97. The Bertz CT molecular complexity index is 2060. The Morgan fingerprint density at radius 3 is 2.49 bits per heavy atom. The molecule has 5 aliphatic rings. The molecule has 3 aliphatic heterocycles. The quantitative estimate of drug-likeness (QED) is 0.312. The maximum atomic E-state index is 14.7. The maximum absolute atomic E-state index is 14.7. The second kappa shape index (κ2) is 15.6. The molecule has 4 heterocycles. The van der Waals surface area contributed by atoms with Crippen LogP contribution in [0.15, 0.2) is 30.4 Å². The number of fused-ring (bicyclic) bond motifs is 3. The lowest BCUT2D eigenvalue weighted by atomic mass is 9.85. The first-order valence-corrected chi connectivity index (χ1v) is 21.8. The maximum Gasteiger partial charge on any atom is 0.318 e. The highest BCUT2D eigenvalue weighted by atomic mass is 32.2. The lowest BCUT2D eigenvalue weighted by Crippen LogP contribution is -2.62. The van der Waals surface area contributed by atoms with Gasteiger partial charge in [-0.25, -0.2) is 18.2 Å². The van der Waals surface area contributed by atoms with Crippen LogP contribution in [0.4, 0.5) is 4.79 Å². The van der Waals surface area contributed by atoms with Gasteiger partial charge >= 0.3 is 6.03 Å². The Balaban J connectivity index is 1.21. The van der Waals surface area contributed by atoms with Crippen molar-refractivity contribution >= 4 is 44.7 Å². The zero-order valence-electron chi connectivity index (χ0n) is 33.8. The SMILES string of the molecule is COc1ccc2c(O[C@@H]3C[C@H]4C(=O)N[C@]5(C(=O)NS(=O)(=O)C6CC6)C[C@H]5/C=C\CCCCC[C@H](NC(=O)N5CC(C)(C)C5)C(=O)N4C3)cc(OC(C)C)nc2c1C. The minimum absolute atomic E-state index is 0.0119. The number of nitrogens with zero attached hydrogens (tertiary/aromatic N) is 3. The van der Waals surface area contributed by atoms with E-state index >= 15 is 0 Å². The standard InChI is InChI=1S/C41H56N6O9S/c1-24(2)55-34-19-33(29-16-17-32(54-6)25(3)35(29)43-34)56-27-18-31-36(48)44-41(38(50)45-57(52,53)28-14-15-28)20-26(41)12-10-8-7-9-11-13-30(37(49)47(31)21-27)42-39(51)46-22-40(4,5)23-46/h10,12,16-17,19,24,26-28,30-31H,7-9,11,13-15,18,20-23H2,1-6H3,(H,42,51)(H,44,48)(H,45,50)/b12-10-/t26-,27-,30+,31+,41-/m1/s1. The lowest BCUT2D eigenvalue weighted by molar-refractivity contribution is -0.141. The molecule has 4 fully saturated rings. The molecule has 1 aromatic heterocycles. The molecular weight excluding hydrogens is 753 g/mol. The van der Waals surface area contributed by atoms with Crippen LogP contribution < -0.4 is 29.6 Å². The fourth-order valence-electron chi connectivity index (χ4n) is 8.38. The molecule has 5 amide bonds. The van der Waals surface area contributed by atoms with Gasteiger partial charge in [-0.05, 0) is 71.4 Å². The van der Waals surface area contributed by atoms with Crippen molar-refractivity contribution < 1.29 is 41.8 Å². The van der Waals surface area contributed by atoms with E-state index in [0.717, 1.165) is 18.4 Å².